The molecule has 1 aromatic heterocycles. The van der Waals surface area contributed by atoms with Crippen molar-refractivity contribution in [2.45, 2.75) is 0 Å². The average molecular weight is 211 g/mol. The van der Waals surface area contributed by atoms with Crippen molar-refractivity contribution in [2.75, 3.05) is 38.3 Å². The van der Waals surface area contributed by atoms with E-state index >= 15 is 0 Å². The Morgan fingerprint density at radius 2 is 2.13 bits per heavy atom. The third-order valence-electron chi connectivity index (χ3n) is 2.07. The Morgan fingerprint density at radius 3 is 2.53 bits per heavy atom. The van der Waals surface area contributed by atoms with Crippen LogP contribution in [0.15, 0.2) is 6.20 Å². The maximum absolute atomic E-state index is 11.5. The maximum atomic E-state index is 11.5. The first-order valence-electron chi connectivity index (χ1n) is 4.62. The molecule has 6 nitrogen and oxygen atoms in total. The van der Waals surface area contributed by atoms with Gasteiger partial charge in [-0.25, -0.2) is 0 Å². The molecule has 0 radical (unpaired) electrons. The number of hydrogen-bond donors (Lipinski definition) is 1. The molecular formula is C9H17N5O. The number of likely N-dealkylation sites (N-methyl/N-ethyl adjacent to an activating group) is 2. The summed E-state index contributed by atoms with van der Waals surface area (Å²) in [5.74, 6) is 0.648. The van der Waals surface area contributed by atoms with Gasteiger partial charge in [0, 0.05) is 34.4 Å². The second-order valence-electron chi connectivity index (χ2n) is 3.73. The molecule has 0 spiro atoms. The van der Waals surface area contributed by atoms with Gasteiger partial charge in [-0.1, -0.05) is 0 Å². The number of amides is 1. The second-order valence-corrected chi connectivity index (χ2v) is 3.73. The monoisotopic (exact) mass is 211 g/mol. The third-order valence-corrected chi connectivity index (χ3v) is 2.07. The summed E-state index contributed by atoms with van der Waals surface area (Å²) in [6.45, 7) is 0.272. The number of anilines is 2. The van der Waals surface area contributed by atoms with Gasteiger partial charge < -0.3 is 15.5 Å². The van der Waals surface area contributed by atoms with Crippen molar-refractivity contribution in [1.82, 2.24) is 14.7 Å². The molecule has 0 saturated carbocycles. The Morgan fingerprint density at radius 1 is 1.53 bits per heavy atom. The number of nitrogens with two attached hydrogens (primary N) is 1. The van der Waals surface area contributed by atoms with Crippen LogP contribution in [0, 0.1) is 0 Å². The Kier molecular flexibility index (Phi) is 3.18. The van der Waals surface area contributed by atoms with E-state index in [9.17, 15) is 4.79 Å². The SMILES string of the molecule is CN(C)C(=O)CN(C)c1nn(C)cc1N. The van der Waals surface area contributed by atoms with E-state index in [-0.39, 0.29) is 12.5 Å². The van der Waals surface area contributed by atoms with E-state index in [1.165, 1.54) is 4.90 Å². The van der Waals surface area contributed by atoms with E-state index in [0.717, 1.165) is 0 Å². The van der Waals surface area contributed by atoms with Gasteiger partial charge in [-0.05, 0) is 0 Å². The number of nitrogens with zero attached hydrogens (tertiary/aromatic N) is 4. The Labute approximate surface area is 89.2 Å². The molecule has 2 N–H and O–H groups in total. The Bertz CT molecular complexity index is 357. The summed E-state index contributed by atoms with van der Waals surface area (Å²) in [5.41, 5.74) is 6.32. The van der Waals surface area contributed by atoms with Crippen molar-refractivity contribution < 1.29 is 4.79 Å². The molecule has 1 aromatic rings. The van der Waals surface area contributed by atoms with Crippen molar-refractivity contribution in [3.8, 4) is 0 Å². The van der Waals surface area contributed by atoms with Crippen LogP contribution < -0.4 is 10.6 Å². The van der Waals surface area contributed by atoms with Crippen molar-refractivity contribution >= 4 is 17.4 Å². The van der Waals surface area contributed by atoms with Crippen LogP contribution in [0.25, 0.3) is 0 Å². The molecule has 15 heavy (non-hydrogen) atoms. The minimum absolute atomic E-state index is 0.0163. The van der Waals surface area contributed by atoms with E-state index < -0.39 is 0 Å². The van der Waals surface area contributed by atoms with Crippen LogP contribution >= 0.6 is 0 Å². The van der Waals surface area contributed by atoms with Crippen molar-refractivity contribution in [2.24, 2.45) is 7.05 Å². The standard InChI is InChI=1S/C9H17N5O/c1-12(2)8(15)6-13(3)9-7(10)5-14(4)11-9/h5H,6,10H2,1-4H3. The number of rotatable bonds is 3. The number of aryl methyl sites for hydroxylation is 1. The van der Waals surface area contributed by atoms with E-state index in [0.29, 0.717) is 11.5 Å². The van der Waals surface area contributed by atoms with Crippen LogP contribution in [0.3, 0.4) is 0 Å². The van der Waals surface area contributed by atoms with Gasteiger partial charge in [0.15, 0.2) is 5.82 Å². The molecule has 0 bridgehead atoms. The highest BCUT2D eigenvalue weighted by Crippen LogP contribution is 2.18. The number of nitrogen functional groups attached to an aromatic ring is 1. The predicted molar refractivity (Wildman–Crippen MR) is 59.6 cm³/mol. The average Bonchev–Trinajstić information content (AvgIpc) is 2.44. The van der Waals surface area contributed by atoms with Gasteiger partial charge in [0.05, 0.1) is 12.2 Å². The molecule has 6 heteroatoms. The molecular weight excluding hydrogens is 194 g/mol. The first kappa shape index (κ1) is 11.4. The highest BCUT2D eigenvalue weighted by molar-refractivity contribution is 5.81. The fourth-order valence-electron chi connectivity index (χ4n) is 1.21. The lowest BCUT2D eigenvalue weighted by atomic mass is 10.4. The van der Waals surface area contributed by atoms with Crippen LogP contribution in [-0.2, 0) is 11.8 Å². The largest absolute Gasteiger partial charge is 0.394 e. The summed E-state index contributed by atoms with van der Waals surface area (Å²) in [6.07, 6.45) is 1.71. The molecule has 84 valence electrons. The van der Waals surface area contributed by atoms with Crippen molar-refractivity contribution in [1.29, 1.82) is 0 Å². The molecule has 1 rings (SSSR count). The van der Waals surface area contributed by atoms with Crippen LogP contribution in [0.1, 0.15) is 0 Å². The zero-order valence-corrected chi connectivity index (χ0v) is 9.56. The van der Waals surface area contributed by atoms with E-state index in [1.807, 2.05) is 0 Å². The quantitative estimate of drug-likeness (QED) is 0.733. The molecule has 0 fully saturated rings. The molecule has 0 atom stereocenters. The Balaban J connectivity index is 2.73. The van der Waals surface area contributed by atoms with Crippen LogP contribution in [0.4, 0.5) is 11.5 Å². The van der Waals surface area contributed by atoms with E-state index in [2.05, 4.69) is 5.10 Å². The molecule has 0 aliphatic carbocycles. The normalized spacial score (nSPS) is 10.1. The minimum atomic E-state index is 0.0163. The number of aromatic nitrogens is 2. The van der Waals surface area contributed by atoms with Crippen molar-refractivity contribution in [3.63, 3.8) is 0 Å². The van der Waals surface area contributed by atoms with Crippen LogP contribution in [-0.4, -0.2) is 48.3 Å². The summed E-state index contributed by atoms with van der Waals surface area (Å²) in [4.78, 5) is 14.7. The third kappa shape index (κ3) is 2.61. The summed E-state index contributed by atoms with van der Waals surface area (Å²) in [5, 5.41) is 4.17. The second kappa shape index (κ2) is 4.20. The van der Waals surface area contributed by atoms with Gasteiger partial charge >= 0.3 is 0 Å². The van der Waals surface area contributed by atoms with E-state index in [4.69, 9.17) is 5.73 Å². The summed E-state index contributed by atoms with van der Waals surface area (Å²) < 4.78 is 1.63. The van der Waals surface area contributed by atoms with Crippen molar-refractivity contribution in [3.05, 3.63) is 6.20 Å². The first-order chi connectivity index (χ1) is 6.91. The van der Waals surface area contributed by atoms with Gasteiger partial charge in [0.2, 0.25) is 5.91 Å². The van der Waals surface area contributed by atoms with Gasteiger partial charge in [-0.3, -0.25) is 9.48 Å². The molecule has 0 aliphatic rings. The predicted octanol–water partition coefficient (Wildman–Crippen LogP) is -0.473. The van der Waals surface area contributed by atoms with Gasteiger partial charge in [0.25, 0.3) is 0 Å². The summed E-state index contributed by atoms with van der Waals surface area (Å²) in [6, 6.07) is 0. The maximum Gasteiger partial charge on any atom is 0.241 e. The minimum Gasteiger partial charge on any atom is -0.394 e. The number of hydrogen-bond acceptors (Lipinski definition) is 4. The Hall–Kier alpha value is -1.72. The smallest absolute Gasteiger partial charge is 0.241 e. The van der Waals surface area contributed by atoms with Gasteiger partial charge in [-0.15, -0.1) is 0 Å². The molecule has 0 aliphatic heterocycles. The number of carbonyl (C=O) groups excluding carboxylic acids is 1. The highest BCUT2D eigenvalue weighted by Gasteiger charge is 2.13. The molecule has 0 aromatic carbocycles. The molecule has 1 amide bonds. The molecule has 0 unspecified atom stereocenters. The van der Waals surface area contributed by atoms with E-state index in [1.54, 1.807) is 44.0 Å². The first-order valence-corrected chi connectivity index (χ1v) is 4.62. The topological polar surface area (TPSA) is 67.4 Å². The van der Waals surface area contributed by atoms with Crippen LogP contribution in [0.2, 0.25) is 0 Å². The highest BCUT2D eigenvalue weighted by atomic mass is 16.2. The fraction of sp³-hybridized carbons (Fsp3) is 0.556. The zero-order valence-electron chi connectivity index (χ0n) is 9.56. The van der Waals surface area contributed by atoms with Crippen LogP contribution in [0.5, 0.6) is 0 Å². The number of carbonyl (C=O) groups is 1. The fourth-order valence-corrected chi connectivity index (χ4v) is 1.21. The summed E-state index contributed by atoms with van der Waals surface area (Å²) in [7, 11) is 7.03. The zero-order chi connectivity index (χ0) is 11.6. The lowest BCUT2D eigenvalue weighted by Crippen LogP contribution is -2.34. The lowest BCUT2D eigenvalue weighted by molar-refractivity contribution is -0.127. The summed E-state index contributed by atoms with van der Waals surface area (Å²) >= 11 is 0. The lowest BCUT2D eigenvalue weighted by Gasteiger charge is -2.19. The van der Waals surface area contributed by atoms with Gasteiger partial charge in [-0.2, -0.15) is 5.10 Å². The molecule has 1 heterocycles. The van der Waals surface area contributed by atoms with Gasteiger partial charge in [0.1, 0.15) is 0 Å². The molecule has 0 saturated heterocycles.